The summed E-state index contributed by atoms with van der Waals surface area (Å²) >= 11 is 0. The van der Waals surface area contributed by atoms with Gasteiger partial charge in [-0.15, -0.1) is 0 Å². The molecule has 30 heavy (non-hydrogen) atoms. The molecule has 0 radical (unpaired) electrons. The number of imidazole rings is 1. The van der Waals surface area contributed by atoms with E-state index in [-0.39, 0.29) is 11.9 Å². The molecule has 6 heteroatoms. The lowest BCUT2D eigenvalue weighted by Gasteiger charge is -2.14. The van der Waals surface area contributed by atoms with E-state index in [2.05, 4.69) is 25.3 Å². The molecule has 0 aliphatic rings. The SMILES string of the molecule is Cc1nc(-c2cc(-c3cncc(C(=O)NC(C)c4ccccc4)c3)ccn2)[nH]c1C. The Kier molecular flexibility index (Phi) is 5.39. The first-order chi connectivity index (χ1) is 14.5. The molecule has 1 unspecified atom stereocenters. The molecule has 150 valence electrons. The smallest absolute Gasteiger partial charge is 0.253 e. The van der Waals surface area contributed by atoms with E-state index in [1.54, 1.807) is 18.6 Å². The molecule has 6 nitrogen and oxygen atoms in total. The first-order valence-electron chi connectivity index (χ1n) is 9.82. The zero-order chi connectivity index (χ0) is 21.1. The monoisotopic (exact) mass is 397 g/mol. The molecule has 0 spiro atoms. The van der Waals surface area contributed by atoms with Gasteiger partial charge in [0.1, 0.15) is 5.69 Å². The first-order valence-corrected chi connectivity index (χ1v) is 9.82. The maximum absolute atomic E-state index is 12.8. The lowest BCUT2D eigenvalue weighted by atomic mass is 10.0. The van der Waals surface area contributed by atoms with Crippen molar-refractivity contribution in [2.24, 2.45) is 0 Å². The third kappa shape index (κ3) is 4.12. The number of benzene rings is 1. The van der Waals surface area contributed by atoms with Crippen molar-refractivity contribution in [2.45, 2.75) is 26.8 Å². The highest BCUT2D eigenvalue weighted by atomic mass is 16.1. The van der Waals surface area contributed by atoms with Crippen LogP contribution in [-0.4, -0.2) is 25.8 Å². The average molecular weight is 397 g/mol. The highest BCUT2D eigenvalue weighted by Crippen LogP contribution is 2.24. The molecule has 0 aliphatic heterocycles. The van der Waals surface area contributed by atoms with Crippen molar-refractivity contribution in [1.82, 2.24) is 25.3 Å². The fourth-order valence-electron chi connectivity index (χ4n) is 3.24. The van der Waals surface area contributed by atoms with Gasteiger partial charge in [0.2, 0.25) is 0 Å². The maximum Gasteiger partial charge on any atom is 0.253 e. The summed E-state index contributed by atoms with van der Waals surface area (Å²) in [6.45, 7) is 5.91. The zero-order valence-corrected chi connectivity index (χ0v) is 17.2. The van der Waals surface area contributed by atoms with Crippen molar-refractivity contribution < 1.29 is 4.79 Å². The summed E-state index contributed by atoms with van der Waals surface area (Å²) in [6, 6.07) is 15.5. The number of hydrogen-bond acceptors (Lipinski definition) is 4. The molecule has 1 aromatic carbocycles. The van der Waals surface area contributed by atoms with Crippen LogP contribution in [0.2, 0.25) is 0 Å². The summed E-state index contributed by atoms with van der Waals surface area (Å²) < 4.78 is 0. The van der Waals surface area contributed by atoms with Gasteiger partial charge >= 0.3 is 0 Å². The number of rotatable bonds is 5. The second-order valence-electron chi connectivity index (χ2n) is 7.29. The number of aromatic amines is 1. The van der Waals surface area contributed by atoms with Gasteiger partial charge in [0.15, 0.2) is 5.82 Å². The number of H-pyrrole nitrogens is 1. The van der Waals surface area contributed by atoms with E-state index < -0.39 is 0 Å². The number of aryl methyl sites for hydroxylation is 2. The molecular weight excluding hydrogens is 374 g/mol. The molecule has 0 fully saturated rings. The van der Waals surface area contributed by atoms with Crippen LogP contribution in [0.1, 0.15) is 40.3 Å². The second-order valence-corrected chi connectivity index (χ2v) is 7.29. The quantitative estimate of drug-likeness (QED) is 0.514. The third-order valence-electron chi connectivity index (χ3n) is 5.11. The van der Waals surface area contributed by atoms with Gasteiger partial charge in [-0.25, -0.2) is 4.98 Å². The molecule has 1 amide bonds. The first kappa shape index (κ1) is 19.5. The molecule has 2 N–H and O–H groups in total. The number of carbonyl (C=O) groups excluding carboxylic acids is 1. The number of nitrogens with one attached hydrogen (secondary N) is 2. The van der Waals surface area contributed by atoms with Crippen LogP contribution >= 0.6 is 0 Å². The average Bonchev–Trinajstić information content (AvgIpc) is 3.13. The van der Waals surface area contributed by atoms with Gasteiger partial charge in [-0.3, -0.25) is 14.8 Å². The lowest BCUT2D eigenvalue weighted by molar-refractivity contribution is 0.0939. The fraction of sp³-hybridized carbons (Fsp3) is 0.167. The predicted molar refractivity (Wildman–Crippen MR) is 117 cm³/mol. The fourth-order valence-corrected chi connectivity index (χ4v) is 3.24. The molecule has 0 bridgehead atoms. The summed E-state index contributed by atoms with van der Waals surface area (Å²) in [7, 11) is 0. The van der Waals surface area contributed by atoms with E-state index in [0.717, 1.165) is 39.6 Å². The minimum absolute atomic E-state index is 0.0969. The van der Waals surface area contributed by atoms with E-state index in [4.69, 9.17) is 0 Å². The molecule has 3 aromatic heterocycles. The Bertz CT molecular complexity index is 1160. The standard InChI is InChI=1S/C24H23N5O/c1-15-16(2)28-23(27-15)22-12-19(9-10-26-22)20-11-21(14-25-13-20)24(30)29-17(3)18-7-5-4-6-8-18/h4-14,17H,1-3H3,(H,27,28)(H,29,30). The van der Waals surface area contributed by atoms with Crippen molar-refractivity contribution in [3.05, 3.63) is 89.6 Å². The Labute approximate surface area is 175 Å². The van der Waals surface area contributed by atoms with Crippen molar-refractivity contribution >= 4 is 5.91 Å². The van der Waals surface area contributed by atoms with E-state index in [9.17, 15) is 4.79 Å². The molecule has 0 saturated heterocycles. The molecular formula is C24H23N5O. The molecule has 0 aliphatic carbocycles. The van der Waals surface area contributed by atoms with E-state index in [1.807, 2.05) is 69.3 Å². The number of aromatic nitrogens is 4. The van der Waals surface area contributed by atoms with Gasteiger partial charge in [0.25, 0.3) is 5.91 Å². The summed E-state index contributed by atoms with van der Waals surface area (Å²) in [4.78, 5) is 29.2. The molecule has 4 rings (SSSR count). The largest absolute Gasteiger partial charge is 0.345 e. The second kappa shape index (κ2) is 8.29. The van der Waals surface area contributed by atoms with Crippen LogP contribution in [0.5, 0.6) is 0 Å². The van der Waals surface area contributed by atoms with Crippen molar-refractivity contribution in [3.8, 4) is 22.6 Å². The number of carbonyl (C=O) groups is 1. The van der Waals surface area contributed by atoms with Crippen molar-refractivity contribution in [1.29, 1.82) is 0 Å². The minimum Gasteiger partial charge on any atom is -0.345 e. The van der Waals surface area contributed by atoms with Crippen molar-refractivity contribution in [2.75, 3.05) is 0 Å². The number of nitrogens with zero attached hydrogens (tertiary/aromatic N) is 3. The minimum atomic E-state index is -0.160. The van der Waals surface area contributed by atoms with Crippen LogP contribution in [0.25, 0.3) is 22.6 Å². The highest BCUT2D eigenvalue weighted by molar-refractivity contribution is 5.95. The maximum atomic E-state index is 12.8. The number of amides is 1. The van der Waals surface area contributed by atoms with Crippen LogP contribution < -0.4 is 5.32 Å². The van der Waals surface area contributed by atoms with E-state index >= 15 is 0 Å². The molecule has 3 heterocycles. The summed E-state index contributed by atoms with van der Waals surface area (Å²) in [5.41, 5.74) is 6.05. The topological polar surface area (TPSA) is 83.6 Å². The van der Waals surface area contributed by atoms with Crippen LogP contribution in [-0.2, 0) is 0 Å². The zero-order valence-electron chi connectivity index (χ0n) is 17.2. The van der Waals surface area contributed by atoms with Crippen LogP contribution in [0.4, 0.5) is 0 Å². The van der Waals surface area contributed by atoms with E-state index in [1.165, 1.54) is 0 Å². The molecule has 0 saturated carbocycles. The van der Waals surface area contributed by atoms with Gasteiger partial charge in [-0.1, -0.05) is 30.3 Å². The van der Waals surface area contributed by atoms with Gasteiger partial charge in [0.05, 0.1) is 17.3 Å². The predicted octanol–water partition coefficient (Wildman–Crippen LogP) is 4.64. The third-order valence-corrected chi connectivity index (χ3v) is 5.11. The van der Waals surface area contributed by atoms with E-state index in [0.29, 0.717) is 5.56 Å². The van der Waals surface area contributed by atoms with Gasteiger partial charge < -0.3 is 10.3 Å². The summed E-state index contributed by atoms with van der Waals surface area (Å²) in [5.74, 6) is 0.567. The Morgan fingerprint density at radius 1 is 1.03 bits per heavy atom. The van der Waals surface area contributed by atoms with Crippen LogP contribution in [0.3, 0.4) is 0 Å². The Hall–Kier alpha value is -3.80. The number of hydrogen-bond donors (Lipinski definition) is 2. The summed E-state index contributed by atoms with van der Waals surface area (Å²) in [5, 5.41) is 3.03. The Morgan fingerprint density at radius 2 is 1.83 bits per heavy atom. The Balaban J connectivity index is 1.57. The summed E-state index contributed by atoms with van der Waals surface area (Å²) in [6.07, 6.45) is 5.06. The van der Waals surface area contributed by atoms with Gasteiger partial charge in [-0.05, 0) is 50.1 Å². The molecule has 1 atom stereocenters. The normalized spacial score (nSPS) is 11.8. The lowest BCUT2D eigenvalue weighted by Crippen LogP contribution is -2.26. The number of pyridine rings is 2. The molecule has 4 aromatic rings. The van der Waals surface area contributed by atoms with Crippen LogP contribution in [0, 0.1) is 13.8 Å². The van der Waals surface area contributed by atoms with Crippen LogP contribution in [0.15, 0.2) is 67.1 Å². The Morgan fingerprint density at radius 3 is 2.57 bits per heavy atom. The van der Waals surface area contributed by atoms with Gasteiger partial charge in [-0.2, -0.15) is 0 Å². The highest BCUT2D eigenvalue weighted by Gasteiger charge is 2.13. The van der Waals surface area contributed by atoms with Gasteiger partial charge in [0, 0.05) is 29.8 Å². The van der Waals surface area contributed by atoms with Crippen molar-refractivity contribution in [3.63, 3.8) is 0 Å².